The van der Waals surface area contributed by atoms with Gasteiger partial charge in [0.05, 0.1) is 33.3 Å². The molecule has 1 fully saturated rings. The molecule has 4 aromatic rings. The van der Waals surface area contributed by atoms with E-state index in [0.29, 0.717) is 17.1 Å². The number of hydrogen-bond donors (Lipinski definition) is 0. The van der Waals surface area contributed by atoms with E-state index in [-0.39, 0.29) is 32.3 Å². The number of hydrogen-bond acceptors (Lipinski definition) is 11. The van der Waals surface area contributed by atoms with Crippen LogP contribution in [0.25, 0.3) is 0 Å². The first-order chi connectivity index (χ1) is 23.3. The number of halogens is 4. The van der Waals surface area contributed by atoms with E-state index in [9.17, 15) is 21.2 Å². The van der Waals surface area contributed by atoms with Crippen LogP contribution < -0.4 is 5.46 Å². The fourth-order valence-corrected chi connectivity index (χ4v) is 6.18. The normalized spacial score (nSPS) is 13.9. The maximum Gasteiger partial charge on any atom is 0.496 e. The van der Waals surface area contributed by atoms with Gasteiger partial charge in [0.2, 0.25) is 5.95 Å². The van der Waals surface area contributed by atoms with Crippen molar-refractivity contribution in [2.24, 2.45) is 0 Å². The summed E-state index contributed by atoms with van der Waals surface area (Å²) in [5, 5.41) is 1.25. The summed E-state index contributed by atoms with van der Waals surface area (Å²) in [5.41, 5.74) is 2.90. The minimum atomic E-state index is -3.30. The SMILES string of the molecule is C.C.C.CSc1ccc(Br)c(C)n1.Cc1nc(F)ccc1Br.Cc1nc(S(C)(=O)=O)ccc1B1OC(C)(C)C(C)(C)O1.Cc1nc(S(C)(=O)=O)ccc1Br. The fourth-order valence-electron chi connectivity index (χ4n) is 3.85. The van der Waals surface area contributed by atoms with E-state index < -0.39 is 43.9 Å². The molecule has 5 rings (SSSR count). The predicted molar refractivity (Wildman–Crippen MR) is 233 cm³/mol. The molecule has 10 nitrogen and oxygen atoms in total. The van der Waals surface area contributed by atoms with Crippen molar-refractivity contribution >= 4 is 91.8 Å². The summed E-state index contributed by atoms with van der Waals surface area (Å²) in [5.74, 6) is -0.435. The Hall–Kier alpha value is -1.80. The monoisotopic (exact) mass is 1000 g/mol. The molecule has 1 aliphatic heterocycles. The Balaban J connectivity index is 0. The van der Waals surface area contributed by atoms with E-state index in [1.807, 2.05) is 53.0 Å². The second-order valence-electron chi connectivity index (χ2n) is 12.3. The summed E-state index contributed by atoms with van der Waals surface area (Å²) >= 11 is 11.5. The van der Waals surface area contributed by atoms with E-state index in [0.717, 1.165) is 42.1 Å². The molecule has 0 N–H and O–H groups in total. The first-order valence-electron chi connectivity index (χ1n) is 15.1. The average Bonchev–Trinajstić information content (AvgIpc) is 3.23. The van der Waals surface area contributed by atoms with E-state index in [4.69, 9.17) is 9.31 Å². The molecule has 18 heteroatoms. The Kier molecular flexibility index (Phi) is 22.4. The Morgan fingerprint density at radius 3 is 1.33 bits per heavy atom. The van der Waals surface area contributed by atoms with E-state index in [2.05, 4.69) is 67.7 Å². The number of sulfone groups is 2. The lowest BCUT2D eigenvalue weighted by Crippen LogP contribution is -2.41. The Morgan fingerprint density at radius 1 is 0.611 bits per heavy atom. The standard InChI is InChI=1S/C13H20BNO4S.C7H8BrNO2S.C7H8BrNS.C6H5BrFN.3CH4/c1-9-10(7-8-11(15-9)20(6,16)17)14-18-12(2,3)13(4,5)19-14;1-5-6(8)3-4-7(9-5)12(2,10)11;1-5-6(8)3-4-7(9-5)10-2;1-4-5(7)2-3-6(8)9-4;;;/h7-8H,1-6H3;3-4H,1-2H3;3-4H,1-2H3;2-3H,1H3;3*1H4. The third-order valence-electron chi connectivity index (χ3n) is 7.56. The smallest absolute Gasteiger partial charge is 0.399 e. The maximum absolute atomic E-state index is 12.2. The van der Waals surface area contributed by atoms with Crippen LogP contribution in [-0.2, 0) is 29.0 Å². The fraction of sp³-hybridized carbons (Fsp3) is 0.444. The van der Waals surface area contributed by atoms with Gasteiger partial charge in [0, 0.05) is 37.1 Å². The van der Waals surface area contributed by atoms with Crippen LogP contribution in [0.15, 0.2) is 77.0 Å². The number of nitrogens with zero attached hydrogens (tertiary/aromatic N) is 4. The molecule has 0 unspecified atom stereocenters. The number of aryl methyl sites for hydroxylation is 4. The second-order valence-corrected chi connectivity index (χ2v) is 19.6. The predicted octanol–water partition coefficient (Wildman–Crippen LogP) is 9.72. The number of aromatic nitrogens is 4. The van der Waals surface area contributed by atoms with Crippen molar-refractivity contribution in [3.8, 4) is 0 Å². The zero-order valence-electron chi connectivity index (χ0n) is 30.2. The van der Waals surface area contributed by atoms with Gasteiger partial charge in [0.25, 0.3) is 0 Å². The minimum absolute atomic E-state index is 0. The molecular weight excluding hydrogens is 950 g/mol. The maximum atomic E-state index is 12.2. The molecule has 0 amide bonds. The number of thioether (sulfide) groups is 1. The van der Waals surface area contributed by atoms with Gasteiger partial charge >= 0.3 is 7.12 Å². The molecule has 1 saturated heterocycles. The molecule has 0 atom stereocenters. The average molecular weight is 1000 g/mol. The molecular formula is C36H53BBr3FN4O6S3. The molecule has 0 aliphatic carbocycles. The highest BCUT2D eigenvalue weighted by Gasteiger charge is 2.52. The van der Waals surface area contributed by atoms with Crippen LogP contribution in [0, 0.1) is 33.6 Å². The summed E-state index contributed by atoms with van der Waals surface area (Å²) in [6, 6.07) is 13.3. The van der Waals surface area contributed by atoms with E-state index >= 15 is 0 Å². The topological polar surface area (TPSA) is 138 Å². The lowest BCUT2D eigenvalue weighted by molar-refractivity contribution is 0.00578. The van der Waals surface area contributed by atoms with Crippen LogP contribution in [0.2, 0.25) is 0 Å². The molecule has 54 heavy (non-hydrogen) atoms. The lowest BCUT2D eigenvalue weighted by atomic mass is 9.78. The molecule has 0 spiro atoms. The molecule has 0 radical (unpaired) electrons. The summed E-state index contributed by atoms with van der Waals surface area (Å²) < 4.78 is 71.9. The first kappa shape index (κ1) is 54.3. The minimum Gasteiger partial charge on any atom is -0.399 e. The zero-order valence-corrected chi connectivity index (χ0v) is 37.4. The summed E-state index contributed by atoms with van der Waals surface area (Å²) in [7, 11) is -7.00. The quantitative estimate of drug-likeness (QED) is 0.110. The van der Waals surface area contributed by atoms with Crippen LogP contribution in [0.1, 0.15) is 72.8 Å². The first-order valence-corrected chi connectivity index (χ1v) is 22.5. The van der Waals surface area contributed by atoms with Crippen molar-refractivity contribution in [2.45, 2.75) is 104 Å². The third-order valence-corrected chi connectivity index (χ3v) is 12.7. The Labute approximate surface area is 353 Å². The molecule has 0 bridgehead atoms. The van der Waals surface area contributed by atoms with Gasteiger partial charge in [-0.05, 0) is 152 Å². The molecule has 0 saturated carbocycles. The third kappa shape index (κ3) is 16.0. The molecule has 302 valence electrons. The largest absolute Gasteiger partial charge is 0.496 e. The number of pyridine rings is 4. The van der Waals surface area contributed by atoms with Crippen molar-refractivity contribution in [3.63, 3.8) is 0 Å². The van der Waals surface area contributed by atoms with Crippen LogP contribution >= 0.6 is 59.6 Å². The van der Waals surface area contributed by atoms with Crippen molar-refractivity contribution in [1.82, 2.24) is 19.9 Å². The van der Waals surface area contributed by atoms with Gasteiger partial charge in [-0.3, -0.25) is 0 Å². The number of rotatable bonds is 4. The van der Waals surface area contributed by atoms with Gasteiger partial charge in [0.15, 0.2) is 29.7 Å². The van der Waals surface area contributed by atoms with Crippen LogP contribution in [0.5, 0.6) is 0 Å². The van der Waals surface area contributed by atoms with E-state index in [1.54, 1.807) is 50.7 Å². The summed E-state index contributed by atoms with van der Waals surface area (Å²) in [6.07, 6.45) is 4.31. The van der Waals surface area contributed by atoms with Crippen molar-refractivity contribution in [2.75, 3.05) is 18.8 Å². The van der Waals surface area contributed by atoms with Crippen molar-refractivity contribution < 1.29 is 30.5 Å². The zero-order chi connectivity index (χ0) is 39.1. The summed E-state index contributed by atoms with van der Waals surface area (Å²) in [4.78, 5) is 15.9. The van der Waals surface area contributed by atoms with Crippen LogP contribution in [0.4, 0.5) is 4.39 Å². The van der Waals surface area contributed by atoms with Gasteiger partial charge < -0.3 is 9.31 Å². The second kappa shape index (κ2) is 22.2. The molecule has 0 aromatic carbocycles. The van der Waals surface area contributed by atoms with Crippen LogP contribution in [-0.4, -0.2) is 73.9 Å². The Morgan fingerprint density at radius 2 is 0.981 bits per heavy atom. The van der Waals surface area contributed by atoms with E-state index in [1.165, 1.54) is 18.2 Å². The molecule has 1 aliphatic rings. The lowest BCUT2D eigenvalue weighted by Gasteiger charge is -2.32. The van der Waals surface area contributed by atoms with Gasteiger partial charge in [-0.1, -0.05) is 28.3 Å². The summed E-state index contributed by atoms with van der Waals surface area (Å²) in [6.45, 7) is 15.1. The van der Waals surface area contributed by atoms with Gasteiger partial charge in [-0.15, -0.1) is 11.8 Å². The Bertz CT molecular complexity index is 2060. The van der Waals surface area contributed by atoms with Gasteiger partial charge in [-0.2, -0.15) is 4.39 Å². The highest BCUT2D eigenvalue weighted by atomic mass is 79.9. The van der Waals surface area contributed by atoms with Crippen molar-refractivity contribution in [3.05, 3.63) is 90.7 Å². The van der Waals surface area contributed by atoms with Crippen LogP contribution in [0.3, 0.4) is 0 Å². The van der Waals surface area contributed by atoms with Gasteiger partial charge in [-0.25, -0.2) is 36.8 Å². The van der Waals surface area contributed by atoms with Gasteiger partial charge in [0.1, 0.15) is 0 Å². The highest BCUT2D eigenvalue weighted by Crippen LogP contribution is 2.36. The highest BCUT2D eigenvalue weighted by molar-refractivity contribution is 9.11. The molecule has 4 aromatic heterocycles. The molecule has 5 heterocycles. The van der Waals surface area contributed by atoms with Crippen molar-refractivity contribution in [1.29, 1.82) is 0 Å².